The number of nitrogens with zero attached hydrogens (tertiary/aromatic N) is 1. The molecule has 2 rings (SSSR count). The molecule has 0 atom stereocenters. The number of ketones is 1. The van der Waals surface area contributed by atoms with E-state index in [-0.39, 0.29) is 28.1 Å². The van der Waals surface area contributed by atoms with Crippen LogP contribution >= 0.6 is 0 Å². The van der Waals surface area contributed by atoms with Crippen LogP contribution in [0.1, 0.15) is 46.1 Å². The fourth-order valence-electron chi connectivity index (χ4n) is 2.82. The summed E-state index contributed by atoms with van der Waals surface area (Å²) in [4.78, 5) is 25.0. The van der Waals surface area contributed by atoms with E-state index in [4.69, 9.17) is 0 Å². The fourth-order valence-corrected chi connectivity index (χ4v) is 4.30. The zero-order valence-corrected chi connectivity index (χ0v) is 15.8. The summed E-state index contributed by atoms with van der Waals surface area (Å²) >= 11 is 0. The second-order valence-corrected chi connectivity index (χ2v) is 8.45. The molecule has 1 aromatic carbocycles. The summed E-state index contributed by atoms with van der Waals surface area (Å²) in [5.74, 6) is -1.75. The lowest BCUT2D eigenvalue weighted by Gasteiger charge is -2.13. The Morgan fingerprint density at radius 1 is 1.26 bits per heavy atom. The van der Waals surface area contributed by atoms with E-state index in [2.05, 4.69) is 5.10 Å². The first-order valence-electron chi connectivity index (χ1n) is 8.08. The molecule has 0 radical (unpaired) electrons. The van der Waals surface area contributed by atoms with Crippen LogP contribution in [0.25, 0.3) is 0 Å². The van der Waals surface area contributed by atoms with Crippen LogP contribution < -0.4 is 5.56 Å². The van der Waals surface area contributed by atoms with Gasteiger partial charge in [0.15, 0.2) is 9.84 Å². The maximum atomic E-state index is 13.0. The summed E-state index contributed by atoms with van der Waals surface area (Å²) in [7, 11) is -2.32. The Kier molecular flexibility index (Phi) is 5.69. The van der Waals surface area contributed by atoms with Gasteiger partial charge in [-0.05, 0) is 31.0 Å². The molecule has 0 bridgehead atoms. The van der Waals surface area contributed by atoms with Crippen LogP contribution in [0, 0.1) is 6.92 Å². The van der Waals surface area contributed by atoms with E-state index >= 15 is 0 Å². The van der Waals surface area contributed by atoms with Crippen LogP contribution in [0.15, 0.2) is 23.0 Å². The molecule has 0 saturated heterocycles. The van der Waals surface area contributed by atoms with Crippen molar-refractivity contribution in [2.45, 2.75) is 32.2 Å². The smallest absolute Gasteiger partial charge is 0.299 e. The van der Waals surface area contributed by atoms with Crippen molar-refractivity contribution >= 4 is 15.6 Å². The molecule has 6 nitrogen and oxygen atoms in total. The Morgan fingerprint density at radius 2 is 1.89 bits per heavy atom. The van der Waals surface area contributed by atoms with E-state index in [1.807, 2.05) is 0 Å². The number of halogens is 3. The van der Waals surface area contributed by atoms with Crippen molar-refractivity contribution in [3.05, 3.63) is 56.5 Å². The molecule has 0 amide bonds. The highest BCUT2D eigenvalue weighted by molar-refractivity contribution is 7.90. The highest BCUT2D eigenvalue weighted by atomic mass is 32.2. The monoisotopic (exact) mass is 404 g/mol. The molecule has 0 aliphatic heterocycles. The van der Waals surface area contributed by atoms with E-state index in [0.29, 0.717) is 18.6 Å². The second kappa shape index (κ2) is 7.34. The van der Waals surface area contributed by atoms with Crippen molar-refractivity contribution in [2.75, 3.05) is 5.75 Å². The average molecular weight is 404 g/mol. The average Bonchev–Trinajstić information content (AvgIpc) is 2.78. The van der Waals surface area contributed by atoms with Crippen LogP contribution in [-0.2, 0) is 28.8 Å². The van der Waals surface area contributed by atoms with Gasteiger partial charge in [-0.3, -0.25) is 19.4 Å². The van der Waals surface area contributed by atoms with Gasteiger partial charge >= 0.3 is 6.18 Å². The molecule has 0 saturated carbocycles. The normalized spacial score (nSPS) is 12.4. The van der Waals surface area contributed by atoms with Crippen LogP contribution in [-0.4, -0.2) is 29.7 Å². The molecule has 10 heteroatoms. The number of sulfone groups is 1. The summed E-state index contributed by atoms with van der Waals surface area (Å²) < 4.78 is 64.5. The Labute approximate surface area is 153 Å². The molecule has 0 aliphatic carbocycles. The number of nitrogens with one attached hydrogen (secondary N) is 1. The highest BCUT2D eigenvalue weighted by Crippen LogP contribution is 2.31. The predicted molar refractivity (Wildman–Crippen MR) is 93.4 cm³/mol. The van der Waals surface area contributed by atoms with Crippen LogP contribution in [0.5, 0.6) is 0 Å². The summed E-state index contributed by atoms with van der Waals surface area (Å²) in [5.41, 5.74) is -2.19. The van der Waals surface area contributed by atoms with Gasteiger partial charge in [0.25, 0.3) is 5.56 Å². The van der Waals surface area contributed by atoms with Crippen LogP contribution in [0.4, 0.5) is 13.2 Å². The van der Waals surface area contributed by atoms with Crippen LogP contribution in [0.2, 0.25) is 0 Å². The molecular formula is C17H19F3N2O4S. The highest BCUT2D eigenvalue weighted by Gasteiger charge is 2.33. The maximum Gasteiger partial charge on any atom is 0.416 e. The minimum Gasteiger partial charge on any atom is -0.299 e. The molecular weight excluding hydrogens is 385 g/mol. The van der Waals surface area contributed by atoms with Gasteiger partial charge in [0, 0.05) is 18.3 Å². The second-order valence-electron chi connectivity index (χ2n) is 6.27. The molecule has 0 spiro atoms. The third kappa shape index (κ3) is 4.49. The van der Waals surface area contributed by atoms with Crippen molar-refractivity contribution in [1.82, 2.24) is 9.78 Å². The van der Waals surface area contributed by atoms with E-state index in [9.17, 15) is 31.2 Å². The summed E-state index contributed by atoms with van der Waals surface area (Å²) in [5, 5.41) is 2.64. The lowest BCUT2D eigenvalue weighted by atomic mass is 9.97. The summed E-state index contributed by atoms with van der Waals surface area (Å²) in [6.45, 7) is 3.11. The number of aromatic amines is 1. The topological polar surface area (TPSA) is 89.0 Å². The van der Waals surface area contributed by atoms with Crippen molar-refractivity contribution in [1.29, 1.82) is 0 Å². The zero-order chi connectivity index (χ0) is 20.6. The molecule has 1 aromatic heterocycles. The molecule has 27 heavy (non-hydrogen) atoms. The first-order chi connectivity index (χ1) is 12.4. The fraction of sp³-hybridized carbons (Fsp3) is 0.412. The lowest BCUT2D eigenvalue weighted by molar-refractivity contribution is -0.137. The molecule has 148 valence electrons. The van der Waals surface area contributed by atoms with E-state index in [1.165, 1.54) is 14.0 Å². The van der Waals surface area contributed by atoms with Crippen molar-refractivity contribution in [2.24, 2.45) is 7.05 Å². The minimum absolute atomic E-state index is 0.220. The van der Waals surface area contributed by atoms with Crippen molar-refractivity contribution < 1.29 is 26.4 Å². The predicted octanol–water partition coefficient (Wildman–Crippen LogP) is 2.60. The van der Waals surface area contributed by atoms with Gasteiger partial charge in [0.1, 0.15) is 5.56 Å². The van der Waals surface area contributed by atoms with Gasteiger partial charge in [-0.2, -0.15) is 13.2 Å². The Bertz CT molecular complexity index is 1030. The number of hydrogen-bond acceptors (Lipinski definition) is 4. The number of benzene rings is 1. The number of carbonyl (C=O) groups is 1. The number of hydrogen-bond donors (Lipinski definition) is 1. The van der Waals surface area contributed by atoms with Crippen molar-refractivity contribution in [3.63, 3.8) is 0 Å². The van der Waals surface area contributed by atoms with Gasteiger partial charge in [-0.15, -0.1) is 0 Å². The number of carbonyl (C=O) groups excluding carboxylic acids is 1. The quantitative estimate of drug-likeness (QED) is 0.750. The van der Waals surface area contributed by atoms with Gasteiger partial charge < -0.3 is 0 Å². The number of H-pyrrole nitrogens is 1. The number of aromatic nitrogens is 2. The molecule has 1 heterocycles. The van der Waals surface area contributed by atoms with Gasteiger partial charge in [-0.25, -0.2) is 8.42 Å². The summed E-state index contributed by atoms with van der Waals surface area (Å²) in [6, 6.07) is 2.29. The van der Waals surface area contributed by atoms with E-state index in [0.717, 1.165) is 10.7 Å². The molecule has 1 N–H and O–H groups in total. The Morgan fingerprint density at radius 3 is 2.37 bits per heavy atom. The lowest BCUT2D eigenvalue weighted by Crippen LogP contribution is -2.21. The first-order valence-corrected chi connectivity index (χ1v) is 9.90. The summed E-state index contributed by atoms with van der Waals surface area (Å²) in [6.07, 6.45) is -4.40. The van der Waals surface area contributed by atoms with Crippen molar-refractivity contribution in [3.8, 4) is 0 Å². The Balaban J connectivity index is 2.64. The molecule has 0 unspecified atom stereocenters. The number of rotatable bonds is 6. The van der Waals surface area contributed by atoms with Gasteiger partial charge in [0.05, 0.1) is 17.1 Å². The maximum absolute atomic E-state index is 13.0. The molecule has 0 fully saturated rings. The number of aryl methyl sites for hydroxylation is 2. The number of alkyl halides is 3. The zero-order valence-electron chi connectivity index (χ0n) is 15.0. The van der Waals surface area contributed by atoms with E-state index in [1.54, 1.807) is 6.92 Å². The Hall–Kier alpha value is -2.36. The standard InChI is InChI=1S/C17H19F3N2O4S/c1-4-7-27(25,26)9-11-8-12(17(18,19)20)5-6-13(11)15(23)14-10(2)21-22(3)16(14)24/h5-6,8,21H,4,7,9H2,1-3H3. The third-order valence-electron chi connectivity index (χ3n) is 4.02. The largest absolute Gasteiger partial charge is 0.416 e. The first kappa shape index (κ1) is 20.9. The SMILES string of the molecule is CCCS(=O)(=O)Cc1cc(C(F)(F)F)ccc1C(=O)c1c(C)[nH]n(C)c1=O. The minimum atomic E-state index is -4.69. The molecule has 0 aliphatic rings. The van der Waals surface area contributed by atoms with Crippen LogP contribution in [0.3, 0.4) is 0 Å². The third-order valence-corrected chi connectivity index (χ3v) is 5.80. The van der Waals surface area contributed by atoms with E-state index < -0.39 is 38.7 Å². The van der Waals surface area contributed by atoms with Gasteiger partial charge in [0.2, 0.25) is 5.78 Å². The molecule has 2 aromatic rings. The van der Waals surface area contributed by atoms with Gasteiger partial charge in [-0.1, -0.05) is 13.0 Å².